The maximum atomic E-state index is 5.20. The van der Waals surface area contributed by atoms with E-state index in [1.807, 2.05) is 0 Å². The van der Waals surface area contributed by atoms with Crippen LogP contribution in [0.3, 0.4) is 0 Å². The first kappa shape index (κ1) is 12.5. The van der Waals surface area contributed by atoms with Crippen molar-refractivity contribution in [2.75, 3.05) is 45.3 Å². The van der Waals surface area contributed by atoms with Crippen LogP contribution in [0.4, 0.5) is 5.95 Å². The van der Waals surface area contributed by atoms with E-state index in [2.05, 4.69) is 20.2 Å². The highest BCUT2D eigenvalue weighted by molar-refractivity contribution is 5.38. The molecule has 2 aliphatic heterocycles. The van der Waals surface area contributed by atoms with E-state index in [0.717, 1.165) is 26.2 Å². The van der Waals surface area contributed by atoms with Gasteiger partial charge in [0.15, 0.2) is 0 Å². The van der Waals surface area contributed by atoms with Crippen LogP contribution in [-0.4, -0.2) is 50.4 Å². The highest BCUT2D eigenvalue weighted by atomic mass is 16.5. The van der Waals surface area contributed by atoms with Crippen molar-refractivity contribution in [3.05, 3.63) is 6.07 Å². The van der Waals surface area contributed by atoms with Crippen molar-refractivity contribution in [3.63, 3.8) is 0 Å². The second-order valence-corrected chi connectivity index (χ2v) is 5.35. The fourth-order valence-corrected chi connectivity index (χ4v) is 2.99. The molecule has 0 aromatic carbocycles. The molecule has 0 amide bonds. The molecule has 1 atom stereocenters. The predicted octanol–water partition coefficient (Wildman–Crippen LogP) is 0.684. The topological polar surface area (TPSA) is 59.5 Å². The first-order valence-electron chi connectivity index (χ1n) is 6.67. The quantitative estimate of drug-likeness (QED) is 0.866. The number of aromatic nitrogens is 2. The Morgan fingerprint density at radius 3 is 2.53 bits per heavy atom. The van der Waals surface area contributed by atoms with E-state index < -0.39 is 0 Å². The van der Waals surface area contributed by atoms with Crippen LogP contribution < -0.4 is 19.7 Å². The fourth-order valence-electron chi connectivity index (χ4n) is 2.99. The summed E-state index contributed by atoms with van der Waals surface area (Å²) in [5, 5.41) is 3.46. The van der Waals surface area contributed by atoms with Crippen molar-refractivity contribution in [2.24, 2.45) is 5.41 Å². The maximum Gasteiger partial charge on any atom is 0.231 e. The number of methoxy groups -OCH3 is 2. The summed E-state index contributed by atoms with van der Waals surface area (Å²) >= 11 is 0. The van der Waals surface area contributed by atoms with E-state index in [0.29, 0.717) is 23.1 Å². The molecule has 6 heteroatoms. The molecule has 104 valence electrons. The summed E-state index contributed by atoms with van der Waals surface area (Å²) in [6, 6.07) is 1.70. The molecule has 1 unspecified atom stereocenters. The zero-order chi connectivity index (χ0) is 13.3. The molecule has 0 radical (unpaired) electrons. The molecule has 1 aromatic rings. The Kier molecular flexibility index (Phi) is 3.18. The number of nitrogens with zero attached hydrogens (tertiary/aromatic N) is 3. The molecule has 0 aliphatic carbocycles. The molecule has 1 spiro atoms. The van der Waals surface area contributed by atoms with Crippen LogP contribution in [0.15, 0.2) is 6.07 Å². The van der Waals surface area contributed by atoms with Crippen molar-refractivity contribution in [1.29, 1.82) is 0 Å². The number of hydrogen-bond donors (Lipinski definition) is 1. The van der Waals surface area contributed by atoms with Gasteiger partial charge in [-0.15, -0.1) is 0 Å². The summed E-state index contributed by atoms with van der Waals surface area (Å²) in [4.78, 5) is 11.1. The molecule has 0 bridgehead atoms. The zero-order valence-electron chi connectivity index (χ0n) is 11.5. The average molecular weight is 264 g/mol. The predicted molar refractivity (Wildman–Crippen MR) is 71.9 cm³/mol. The Labute approximate surface area is 113 Å². The molecule has 3 rings (SSSR count). The van der Waals surface area contributed by atoms with E-state index in [4.69, 9.17) is 9.47 Å². The van der Waals surface area contributed by atoms with Crippen molar-refractivity contribution >= 4 is 5.95 Å². The Bertz CT molecular complexity index is 438. The van der Waals surface area contributed by atoms with Gasteiger partial charge in [-0.25, -0.2) is 0 Å². The lowest BCUT2D eigenvalue weighted by atomic mass is 9.87. The van der Waals surface area contributed by atoms with E-state index in [1.54, 1.807) is 20.3 Å². The number of rotatable bonds is 3. The summed E-state index contributed by atoms with van der Waals surface area (Å²) in [6.07, 6.45) is 2.44. The highest BCUT2D eigenvalue weighted by Gasteiger charge is 2.41. The van der Waals surface area contributed by atoms with E-state index >= 15 is 0 Å². The summed E-state index contributed by atoms with van der Waals surface area (Å²) in [5.74, 6) is 1.81. The normalized spacial score (nSPS) is 26.1. The van der Waals surface area contributed by atoms with Gasteiger partial charge in [-0.3, -0.25) is 0 Å². The molecule has 0 saturated carbocycles. The smallest absolute Gasteiger partial charge is 0.231 e. The van der Waals surface area contributed by atoms with Crippen LogP contribution in [0.5, 0.6) is 11.8 Å². The lowest BCUT2D eigenvalue weighted by Gasteiger charge is -2.23. The molecule has 2 saturated heterocycles. The van der Waals surface area contributed by atoms with Gasteiger partial charge >= 0.3 is 0 Å². The minimum absolute atomic E-state index is 0.402. The number of ether oxygens (including phenoxy) is 2. The van der Waals surface area contributed by atoms with Gasteiger partial charge in [0.05, 0.1) is 20.3 Å². The molecule has 2 fully saturated rings. The van der Waals surface area contributed by atoms with E-state index in [1.165, 1.54) is 12.8 Å². The molecule has 3 heterocycles. The largest absolute Gasteiger partial charge is 0.481 e. The lowest BCUT2D eigenvalue weighted by Crippen LogP contribution is -2.30. The van der Waals surface area contributed by atoms with Gasteiger partial charge in [0.2, 0.25) is 17.7 Å². The highest BCUT2D eigenvalue weighted by Crippen LogP contribution is 2.37. The Morgan fingerprint density at radius 1 is 1.21 bits per heavy atom. The third-order valence-electron chi connectivity index (χ3n) is 4.14. The Hall–Kier alpha value is -1.56. The van der Waals surface area contributed by atoms with Crippen LogP contribution in [0.25, 0.3) is 0 Å². The summed E-state index contributed by atoms with van der Waals surface area (Å²) in [6.45, 7) is 4.23. The molecule has 6 nitrogen and oxygen atoms in total. The monoisotopic (exact) mass is 264 g/mol. The van der Waals surface area contributed by atoms with Crippen molar-refractivity contribution < 1.29 is 9.47 Å². The van der Waals surface area contributed by atoms with Gasteiger partial charge in [-0.2, -0.15) is 9.97 Å². The number of hydrogen-bond acceptors (Lipinski definition) is 6. The van der Waals surface area contributed by atoms with Crippen LogP contribution >= 0.6 is 0 Å². The first-order valence-corrected chi connectivity index (χ1v) is 6.67. The Morgan fingerprint density at radius 2 is 1.95 bits per heavy atom. The minimum atomic E-state index is 0.402. The molecule has 19 heavy (non-hydrogen) atoms. The van der Waals surface area contributed by atoms with Crippen molar-refractivity contribution in [3.8, 4) is 11.8 Å². The maximum absolute atomic E-state index is 5.20. The molecule has 1 N–H and O–H groups in total. The van der Waals surface area contributed by atoms with Crippen LogP contribution in [-0.2, 0) is 0 Å². The van der Waals surface area contributed by atoms with Gasteiger partial charge in [0.25, 0.3) is 0 Å². The van der Waals surface area contributed by atoms with E-state index in [9.17, 15) is 0 Å². The SMILES string of the molecule is COc1cc(OC)nc(N2CCC3(CCNC3)C2)n1. The standard InChI is InChI=1S/C13H20N4O2/c1-18-10-7-11(19-2)16-12(15-10)17-6-4-13(9-17)3-5-14-8-13/h7,14H,3-6,8-9H2,1-2H3. The average Bonchev–Trinajstić information content (AvgIpc) is 3.09. The first-order chi connectivity index (χ1) is 9.24. The molecular formula is C13H20N4O2. The van der Waals surface area contributed by atoms with Gasteiger partial charge < -0.3 is 19.7 Å². The van der Waals surface area contributed by atoms with Gasteiger partial charge in [-0.1, -0.05) is 0 Å². The molecular weight excluding hydrogens is 244 g/mol. The molecule has 2 aliphatic rings. The van der Waals surface area contributed by atoms with Gasteiger partial charge in [0.1, 0.15) is 0 Å². The fraction of sp³-hybridized carbons (Fsp3) is 0.692. The van der Waals surface area contributed by atoms with Gasteiger partial charge in [-0.05, 0) is 19.4 Å². The van der Waals surface area contributed by atoms with Crippen LogP contribution in [0.2, 0.25) is 0 Å². The van der Waals surface area contributed by atoms with Crippen LogP contribution in [0.1, 0.15) is 12.8 Å². The lowest BCUT2D eigenvalue weighted by molar-refractivity contribution is 0.364. The van der Waals surface area contributed by atoms with Gasteiger partial charge in [0, 0.05) is 25.0 Å². The number of anilines is 1. The second-order valence-electron chi connectivity index (χ2n) is 5.35. The summed E-state index contributed by atoms with van der Waals surface area (Å²) in [7, 11) is 3.22. The minimum Gasteiger partial charge on any atom is -0.481 e. The number of nitrogens with one attached hydrogen (secondary N) is 1. The summed E-state index contributed by atoms with van der Waals surface area (Å²) < 4.78 is 10.4. The third-order valence-corrected chi connectivity index (χ3v) is 4.14. The second kappa shape index (κ2) is 4.85. The van der Waals surface area contributed by atoms with Crippen LogP contribution in [0, 0.1) is 5.41 Å². The van der Waals surface area contributed by atoms with Crippen molar-refractivity contribution in [1.82, 2.24) is 15.3 Å². The summed E-state index contributed by atoms with van der Waals surface area (Å²) in [5.41, 5.74) is 0.402. The van der Waals surface area contributed by atoms with Crippen molar-refractivity contribution in [2.45, 2.75) is 12.8 Å². The zero-order valence-corrected chi connectivity index (χ0v) is 11.5. The Balaban J connectivity index is 1.82. The van der Waals surface area contributed by atoms with E-state index in [-0.39, 0.29) is 0 Å². The third kappa shape index (κ3) is 2.32. The molecule has 1 aromatic heterocycles.